The van der Waals surface area contributed by atoms with Crippen molar-refractivity contribution in [2.45, 2.75) is 116 Å². The summed E-state index contributed by atoms with van der Waals surface area (Å²) in [6.07, 6.45) is 0.846. The first-order chi connectivity index (χ1) is 24.4. The highest BCUT2D eigenvalue weighted by Gasteiger charge is 2.43. The molecule has 0 aromatic heterocycles. The standard InChI is InChI=1S/C38H66N6O7S/c1-13-25(6)34(43(10)38(48)32(23(2)3)40-37(47)33(24(4)5)42(8)9)30(50-11)21-31(45)44-20-14-15-29(44)35(51-12)26(7)36(46)41-52(49)22-27-16-18-28(39)19-17-27/h16-19,23-26,29-30,32-35H,13-15,20-22,39H2,1-12H3,(H,40,47)(H,41,46)/t25-,26-,29+,30-,32+,33+,34+,35-,52?/m1/s1. The monoisotopic (exact) mass is 750 g/mol. The molecule has 1 heterocycles. The third kappa shape index (κ3) is 12.0. The number of carbonyl (C=O) groups excluding carboxylic acids is 4. The van der Waals surface area contributed by atoms with Crippen molar-refractivity contribution in [3.8, 4) is 0 Å². The zero-order valence-electron chi connectivity index (χ0n) is 33.5. The van der Waals surface area contributed by atoms with E-state index in [4.69, 9.17) is 15.2 Å². The molecule has 13 nitrogen and oxygen atoms in total. The maximum Gasteiger partial charge on any atom is 0.245 e. The Morgan fingerprint density at radius 2 is 1.58 bits per heavy atom. The van der Waals surface area contributed by atoms with Gasteiger partial charge in [-0.25, -0.2) is 4.21 Å². The Balaban J connectivity index is 2.23. The summed E-state index contributed by atoms with van der Waals surface area (Å²) in [5.74, 6) is -1.76. The summed E-state index contributed by atoms with van der Waals surface area (Å²) < 4.78 is 27.3. The minimum absolute atomic E-state index is 0.0109. The van der Waals surface area contributed by atoms with E-state index in [1.165, 1.54) is 7.11 Å². The maximum atomic E-state index is 14.2. The van der Waals surface area contributed by atoms with Gasteiger partial charge in [0.15, 0.2) is 0 Å². The Labute approximate surface area is 314 Å². The summed E-state index contributed by atoms with van der Waals surface area (Å²) in [5.41, 5.74) is 7.12. The number of hydrogen-bond acceptors (Lipinski definition) is 9. The average molecular weight is 751 g/mol. The number of likely N-dealkylation sites (tertiary alicyclic amines) is 1. The molecule has 14 heteroatoms. The minimum atomic E-state index is -1.66. The fourth-order valence-electron chi connectivity index (χ4n) is 7.42. The summed E-state index contributed by atoms with van der Waals surface area (Å²) in [6.45, 7) is 14.0. The van der Waals surface area contributed by atoms with Crippen molar-refractivity contribution in [2.24, 2.45) is 23.7 Å². The van der Waals surface area contributed by atoms with Gasteiger partial charge in [0.1, 0.15) is 17.0 Å². The normalized spacial score (nSPS) is 19.4. The number of nitrogens with zero attached hydrogens (tertiary/aromatic N) is 3. The highest BCUT2D eigenvalue weighted by molar-refractivity contribution is 7.82. The first kappa shape index (κ1) is 45.1. The molecule has 1 unspecified atom stereocenters. The molecular weight excluding hydrogens is 685 g/mol. The number of benzene rings is 1. The van der Waals surface area contributed by atoms with Crippen molar-refractivity contribution in [3.63, 3.8) is 0 Å². The molecule has 52 heavy (non-hydrogen) atoms. The summed E-state index contributed by atoms with van der Waals surface area (Å²) in [6, 6.07) is 4.97. The van der Waals surface area contributed by atoms with Crippen LogP contribution in [0.4, 0.5) is 5.69 Å². The van der Waals surface area contributed by atoms with E-state index in [0.717, 1.165) is 18.4 Å². The number of methoxy groups -OCH3 is 2. The molecule has 2 rings (SSSR count). The molecule has 0 aliphatic carbocycles. The van der Waals surface area contributed by atoms with Gasteiger partial charge in [-0.05, 0) is 62.4 Å². The molecule has 1 aliphatic rings. The van der Waals surface area contributed by atoms with Crippen LogP contribution >= 0.6 is 0 Å². The van der Waals surface area contributed by atoms with Crippen LogP contribution in [0.5, 0.6) is 0 Å². The van der Waals surface area contributed by atoms with Gasteiger partial charge in [0, 0.05) is 33.5 Å². The fourth-order valence-corrected chi connectivity index (χ4v) is 8.40. The molecule has 9 atom stereocenters. The maximum absolute atomic E-state index is 14.2. The van der Waals surface area contributed by atoms with E-state index in [1.54, 1.807) is 55.1 Å². The van der Waals surface area contributed by atoms with Gasteiger partial charge >= 0.3 is 0 Å². The molecule has 296 valence electrons. The second-order valence-corrected chi connectivity index (χ2v) is 16.4. The highest BCUT2D eigenvalue weighted by Crippen LogP contribution is 2.30. The van der Waals surface area contributed by atoms with Crippen LogP contribution < -0.4 is 15.8 Å². The summed E-state index contributed by atoms with van der Waals surface area (Å²) in [7, 11) is 6.83. The SMILES string of the molecule is CC[C@@H](C)[C@@H]([C@@H](CC(=O)N1CCC[C@H]1[C@H](OC)[C@@H](C)C(=O)NS(=O)Cc1ccc(N)cc1)OC)N(C)C(=O)[C@@H](NC(=O)[C@H](C(C)C)N(C)C)C(C)C. The first-order valence-corrected chi connectivity index (χ1v) is 19.8. The van der Waals surface area contributed by atoms with Crippen LogP contribution in [0.2, 0.25) is 0 Å². The largest absolute Gasteiger partial charge is 0.399 e. The summed E-state index contributed by atoms with van der Waals surface area (Å²) in [5, 5.41) is 3.03. The molecule has 0 saturated carbocycles. The zero-order valence-corrected chi connectivity index (χ0v) is 34.3. The molecule has 1 aromatic rings. The Morgan fingerprint density at radius 1 is 0.962 bits per heavy atom. The van der Waals surface area contributed by atoms with Crippen molar-refractivity contribution in [2.75, 3.05) is 47.6 Å². The third-order valence-electron chi connectivity index (χ3n) is 10.4. The van der Waals surface area contributed by atoms with Gasteiger partial charge in [0.2, 0.25) is 23.6 Å². The van der Waals surface area contributed by atoms with Crippen LogP contribution in [0.1, 0.15) is 79.7 Å². The van der Waals surface area contributed by atoms with E-state index in [0.29, 0.717) is 18.7 Å². The lowest BCUT2D eigenvalue weighted by atomic mass is 9.89. The number of nitrogen functional groups attached to an aromatic ring is 1. The van der Waals surface area contributed by atoms with E-state index < -0.39 is 53.1 Å². The summed E-state index contributed by atoms with van der Waals surface area (Å²) >= 11 is 0. The molecule has 1 aromatic carbocycles. The molecule has 0 radical (unpaired) electrons. The summed E-state index contributed by atoms with van der Waals surface area (Å²) in [4.78, 5) is 60.2. The Morgan fingerprint density at radius 3 is 2.08 bits per heavy atom. The van der Waals surface area contributed by atoms with E-state index in [1.807, 2.05) is 60.5 Å². The number of amides is 4. The van der Waals surface area contributed by atoms with E-state index in [2.05, 4.69) is 10.0 Å². The average Bonchev–Trinajstić information content (AvgIpc) is 3.56. The van der Waals surface area contributed by atoms with Gasteiger partial charge in [-0.3, -0.25) is 28.8 Å². The van der Waals surface area contributed by atoms with Crippen LogP contribution in [0.15, 0.2) is 24.3 Å². The van der Waals surface area contributed by atoms with Gasteiger partial charge in [-0.15, -0.1) is 0 Å². The van der Waals surface area contributed by atoms with Crippen molar-refractivity contribution in [1.82, 2.24) is 24.7 Å². The highest BCUT2D eigenvalue weighted by atomic mass is 32.2. The molecule has 1 saturated heterocycles. The number of anilines is 1. The van der Waals surface area contributed by atoms with Gasteiger partial charge in [-0.1, -0.05) is 67.0 Å². The van der Waals surface area contributed by atoms with Gasteiger partial charge in [0.25, 0.3) is 0 Å². The lowest BCUT2D eigenvalue weighted by Gasteiger charge is -2.41. The Kier molecular flexibility index (Phi) is 18.2. The molecular formula is C38H66N6O7S. The van der Waals surface area contributed by atoms with Crippen molar-refractivity contribution >= 4 is 40.3 Å². The number of carbonyl (C=O) groups is 4. The molecule has 1 fully saturated rings. The quantitative estimate of drug-likeness (QED) is 0.170. The smallest absolute Gasteiger partial charge is 0.245 e. The fraction of sp³-hybridized carbons (Fsp3) is 0.737. The number of hydrogen-bond donors (Lipinski definition) is 3. The number of nitrogens with two attached hydrogens (primary N) is 1. The van der Waals surface area contributed by atoms with Crippen LogP contribution in [0.25, 0.3) is 0 Å². The minimum Gasteiger partial charge on any atom is -0.399 e. The Hall–Kier alpha value is -3.07. The van der Waals surface area contributed by atoms with Crippen LogP contribution in [-0.2, 0) is 45.4 Å². The zero-order chi connectivity index (χ0) is 39.4. The van der Waals surface area contributed by atoms with Crippen LogP contribution in [0.3, 0.4) is 0 Å². The molecule has 1 aliphatic heterocycles. The first-order valence-electron chi connectivity index (χ1n) is 18.5. The van der Waals surface area contributed by atoms with Crippen LogP contribution in [0, 0.1) is 23.7 Å². The number of nitrogens with one attached hydrogen (secondary N) is 2. The number of rotatable bonds is 20. The third-order valence-corrected chi connectivity index (χ3v) is 11.5. The second-order valence-electron chi connectivity index (χ2n) is 15.2. The van der Waals surface area contributed by atoms with E-state index >= 15 is 0 Å². The second kappa shape index (κ2) is 21.0. The predicted octanol–water partition coefficient (Wildman–Crippen LogP) is 3.20. The van der Waals surface area contributed by atoms with Gasteiger partial charge in [0.05, 0.1) is 48.4 Å². The van der Waals surface area contributed by atoms with E-state index in [-0.39, 0.29) is 53.7 Å². The number of likely N-dealkylation sites (N-methyl/N-ethyl adjacent to an activating group) is 2. The molecule has 4 amide bonds. The van der Waals surface area contributed by atoms with Crippen molar-refractivity contribution in [3.05, 3.63) is 29.8 Å². The lowest BCUT2D eigenvalue weighted by molar-refractivity contribution is -0.148. The molecule has 4 N–H and O–H groups in total. The predicted molar refractivity (Wildman–Crippen MR) is 206 cm³/mol. The van der Waals surface area contributed by atoms with E-state index in [9.17, 15) is 23.4 Å². The van der Waals surface area contributed by atoms with Crippen molar-refractivity contribution in [1.29, 1.82) is 0 Å². The lowest BCUT2D eigenvalue weighted by Crippen LogP contribution is -2.59. The van der Waals surface area contributed by atoms with Crippen molar-refractivity contribution < 1.29 is 32.9 Å². The van der Waals surface area contributed by atoms with Crippen LogP contribution in [-0.4, -0.2) is 121 Å². The Bertz CT molecular complexity index is 1340. The molecule has 0 bridgehead atoms. The molecule has 0 spiro atoms. The van der Waals surface area contributed by atoms with Gasteiger partial charge < -0.3 is 30.3 Å². The topological polar surface area (TPSA) is 164 Å². The number of ether oxygens (including phenoxy) is 2. The van der Waals surface area contributed by atoms with Gasteiger partial charge in [-0.2, -0.15) is 0 Å².